The van der Waals surface area contributed by atoms with E-state index >= 15 is 0 Å². The third-order valence-electron chi connectivity index (χ3n) is 3.50. The lowest BCUT2D eigenvalue weighted by molar-refractivity contribution is 0.273. The van der Waals surface area contributed by atoms with Crippen LogP contribution in [-0.2, 0) is 0 Å². The molecule has 2 atom stereocenters. The average Bonchev–Trinajstić information content (AvgIpc) is 3.09. The zero-order chi connectivity index (χ0) is 13.9. The van der Waals surface area contributed by atoms with Gasteiger partial charge in [-0.05, 0) is 42.9 Å². The molecule has 2 aromatic rings. The number of nitrogens with one attached hydrogen (secondary N) is 1. The summed E-state index contributed by atoms with van der Waals surface area (Å²) in [6.07, 6.45) is 4.55. The number of furan rings is 1. The summed E-state index contributed by atoms with van der Waals surface area (Å²) in [5.41, 5.74) is 0.981. The second kappa shape index (κ2) is 5.63. The summed E-state index contributed by atoms with van der Waals surface area (Å²) in [4.78, 5) is 6.65. The molecule has 2 aromatic heterocycles. The fourth-order valence-corrected chi connectivity index (χ4v) is 2.99. The van der Waals surface area contributed by atoms with Gasteiger partial charge in [0.25, 0.3) is 0 Å². The van der Waals surface area contributed by atoms with E-state index in [0.717, 1.165) is 29.5 Å². The molecular formula is C15H17N3OS. The molecule has 0 saturated carbocycles. The van der Waals surface area contributed by atoms with Crippen LogP contribution in [0.4, 0.5) is 0 Å². The van der Waals surface area contributed by atoms with Crippen LogP contribution in [-0.4, -0.2) is 21.5 Å². The lowest BCUT2D eigenvalue weighted by Crippen LogP contribution is -2.30. The van der Waals surface area contributed by atoms with Crippen molar-refractivity contribution >= 4 is 17.3 Å². The first kappa shape index (κ1) is 13.1. The summed E-state index contributed by atoms with van der Waals surface area (Å²) in [6, 6.07) is 9.94. The molecule has 1 aliphatic heterocycles. The number of nitrogens with zero attached hydrogens (tertiary/aromatic N) is 2. The standard InChI is InChI=1S/C15H17N3OS/c1-2-9-18-14(12-7-5-10-19-12)13(17-15(18)20)11-6-3-4-8-16-11/h3-8,10,13-14H,2,9H2,1H3,(H,17,20)/t13-,14-/m0/s1. The first-order valence-corrected chi connectivity index (χ1v) is 7.23. The van der Waals surface area contributed by atoms with Crippen LogP contribution in [0.15, 0.2) is 47.2 Å². The van der Waals surface area contributed by atoms with E-state index in [9.17, 15) is 0 Å². The van der Waals surface area contributed by atoms with Gasteiger partial charge in [0.1, 0.15) is 11.8 Å². The van der Waals surface area contributed by atoms with E-state index < -0.39 is 0 Å². The largest absolute Gasteiger partial charge is 0.467 e. The van der Waals surface area contributed by atoms with Gasteiger partial charge in [-0.2, -0.15) is 0 Å². The quantitative estimate of drug-likeness (QED) is 0.875. The summed E-state index contributed by atoms with van der Waals surface area (Å²) in [5.74, 6) is 0.918. The van der Waals surface area contributed by atoms with Crippen molar-refractivity contribution in [2.24, 2.45) is 0 Å². The van der Waals surface area contributed by atoms with Gasteiger partial charge in [0, 0.05) is 12.7 Å². The van der Waals surface area contributed by atoms with Crippen molar-refractivity contribution in [2.45, 2.75) is 25.4 Å². The average molecular weight is 287 g/mol. The minimum atomic E-state index is 0.0291. The zero-order valence-electron chi connectivity index (χ0n) is 11.3. The molecule has 3 rings (SSSR count). The van der Waals surface area contributed by atoms with Gasteiger partial charge in [0.05, 0.1) is 18.0 Å². The second-order valence-electron chi connectivity index (χ2n) is 4.84. The van der Waals surface area contributed by atoms with Crippen molar-refractivity contribution in [1.82, 2.24) is 15.2 Å². The molecule has 1 N–H and O–H groups in total. The van der Waals surface area contributed by atoms with Crippen molar-refractivity contribution < 1.29 is 4.42 Å². The van der Waals surface area contributed by atoms with Crippen molar-refractivity contribution in [3.8, 4) is 0 Å². The second-order valence-corrected chi connectivity index (χ2v) is 5.22. The molecule has 0 aromatic carbocycles. The Balaban J connectivity index is 1.99. The fourth-order valence-electron chi connectivity index (χ4n) is 2.66. The Morgan fingerprint density at radius 3 is 2.90 bits per heavy atom. The maximum absolute atomic E-state index is 5.62. The van der Waals surface area contributed by atoms with Crippen LogP contribution < -0.4 is 5.32 Å². The highest BCUT2D eigenvalue weighted by Gasteiger charge is 2.40. The molecule has 104 valence electrons. The van der Waals surface area contributed by atoms with E-state index in [-0.39, 0.29) is 12.1 Å². The fraction of sp³-hybridized carbons (Fsp3) is 0.333. The predicted octanol–water partition coefficient (Wildman–Crippen LogP) is 3.06. The molecule has 0 amide bonds. The van der Waals surface area contributed by atoms with Crippen molar-refractivity contribution in [2.75, 3.05) is 6.54 Å². The molecule has 0 bridgehead atoms. The van der Waals surface area contributed by atoms with Gasteiger partial charge < -0.3 is 14.6 Å². The molecule has 1 aliphatic rings. The molecular weight excluding hydrogens is 270 g/mol. The van der Waals surface area contributed by atoms with E-state index in [1.807, 2.05) is 36.5 Å². The summed E-state index contributed by atoms with van der Waals surface area (Å²) >= 11 is 5.48. The lowest BCUT2D eigenvalue weighted by atomic mass is 10.0. The number of rotatable bonds is 4. The van der Waals surface area contributed by atoms with Crippen LogP contribution in [0, 0.1) is 0 Å². The molecule has 0 unspecified atom stereocenters. The molecule has 1 fully saturated rings. The summed E-state index contributed by atoms with van der Waals surface area (Å²) in [6.45, 7) is 3.05. The SMILES string of the molecule is CCCN1C(=S)N[C@@H](c2ccccn2)[C@@H]1c1ccco1. The normalized spacial score (nSPS) is 22.1. The Hall–Kier alpha value is -1.88. The first-order chi connectivity index (χ1) is 9.81. The Kier molecular flexibility index (Phi) is 3.69. The minimum absolute atomic E-state index is 0.0291. The van der Waals surface area contributed by atoms with E-state index in [0.29, 0.717) is 0 Å². The van der Waals surface area contributed by atoms with Crippen LogP contribution in [0.3, 0.4) is 0 Å². The maximum atomic E-state index is 5.62. The molecule has 20 heavy (non-hydrogen) atoms. The van der Waals surface area contributed by atoms with E-state index in [1.165, 1.54) is 0 Å². The summed E-state index contributed by atoms with van der Waals surface area (Å²) in [5, 5.41) is 4.15. The Labute approximate surface area is 123 Å². The highest BCUT2D eigenvalue weighted by Crippen LogP contribution is 2.38. The number of hydrogen-bond acceptors (Lipinski definition) is 3. The monoisotopic (exact) mass is 287 g/mol. The molecule has 3 heterocycles. The van der Waals surface area contributed by atoms with Crippen molar-refractivity contribution in [3.05, 3.63) is 54.2 Å². The Bertz CT molecular complexity index is 570. The third-order valence-corrected chi connectivity index (χ3v) is 3.85. The van der Waals surface area contributed by atoms with Gasteiger partial charge in [-0.1, -0.05) is 13.0 Å². The van der Waals surface area contributed by atoms with E-state index in [2.05, 4.69) is 22.1 Å². The zero-order valence-corrected chi connectivity index (χ0v) is 12.1. The predicted molar refractivity (Wildman–Crippen MR) is 81.2 cm³/mol. The highest BCUT2D eigenvalue weighted by molar-refractivity contribution is 7.80. The molecule has 0 aliphatic carbocycles. The maximum Gasteiger partial charge on any atom is 0.170 e. The van der Waals surface area contributed by atoms with Gasteiger partial charge in [0.15, 0.2) is 5.11 Å². The van der Waals surface area contributed by atoms with E-state index in [1.54, 1.807) is 6.26 Å². The highest BCUT2D eigenvalue weighted by atomic mass is 32.1. The van der Waals surface area contributed by atoms with Crippen LogP contribution in [0.1, 0.15) is 36.9 Å². The van der Waals surface area contributed by atoms with Gasteiger partial charge in [-0.15, -0.1) is 0 Å². The van der Waals surface area contributed by atoms with Crippen molar-refractivity contribution in [1.29, 1.82) is 0 Å². The van der Waals surface area contributed by atoms with Gasteiger partial charge in [-0.25, -0.2) is 0 Å². The Morgan fingerprint density at radius 2 is 2.25 bits per heavy atom. The van der Waals surface area contributed by atoms with Gasteiger partial charge in [0.2, 0.25) is 0 Å². The van der Waals surface area contributed by atoms with Crippen LogP contribution in [0.5, 0.6) is 0 Å². The molecule has 0 spiro atoms. The molecule has 4 nitrogen and oxygen atoms in total. The topological polar surface area (TPSA) is 41.3 Å². The third kappa shape index (κ3) is 2.29. The number of thiocarbonyl (C=S) groups is 1. The van der Waals surface area contributed by atoms with Crippen LogP contribution in [0.2, 0.25) is 0 Å². The van der Waals surface area contributed by atoms with Crippen molar-refractivity contribution in [3.63, 3.8) is 0 Å². The van der Waals surface area contributed by atoms with Gasteiger partial charge in [-0.3, -0.25) is 4.98 Å². The van der Waals surface area contributed by atoms with Crippen LogP contribution in [0.25, 0.3) is 0 Å². The lowest BCUT2D eigenvalue weighted by Gasteiger charge is -2.25. The molecule has 5 heteroatoms. The summed E-state index contributed by atoms with van der Waals surface area (Å²) in [7, 11) is 0. The number of aromatic nitrogens is 1. The Morgan fingerprint density at radius 1 is 1.35 bits per heavy atom. The van der Waals surface area contributed by atoms with Gasteiger partial charge >= 0.3 is 0 Å². The first-order valence-electron chi connectivity index (χ1n) is 6.82. The molecule has 1 saturated heterocycles. The summed E-state index contributed by atoms with van der Waals surface area (Å²) < 4.78 is 5.62. The molecule has 0 radical (unpaired) electrons. The van der Waals surface area contributed by atoms with Crippen LogP contribution >= 0.6 is 12.2 Å². The number of pyridine rings is 1. The smallest absolute Gasteiger partial charge is 0.170 e. The number of hydrogen-bond donors (Lipinski definition) is 1. The minimum Gasteiger partial charge on any atom is -0.467 e. The van der Waals surface area contributed by atoms with E-state index in [4.69, 9.17) is 16.6 Å².